The van der Waals surface area contributed by atoms with E-state index in [0.29, 0.717) is 29.5 Å². The minimum absolute atomic E-state index is 0.109. The highest BCUT2D eigenvalue weighted by atomic mass is 16.5. The first-order valence-corrected chi connectivity index (χ1v) is 12.4. The summed E-state index contributed by atoms with van der Waals surface area (Å²) in [5.41, 5.74) is 3.70. The topological polar surface area (TPSA) is 62.2 Å². The molecule has 2 aliphatic rings. The minimum Gasteiger partial charge on any atom is -0.508 e. The smallest absolute Gasteiger partial charge is 0.151 e. The van der Waals surface area contributed by atoms with Gasteiger partial charge in [0.25, 0.3) is 0 Å². The molecule has 1 fully saturated rings. The second-order valence-electron chi connectivity index (χ2n) is 9.78. The van der Waals surface area contributed by atoms with E-state index in [1.165, 1.54) is 6.42 Å². The summed E-state index contributed by atoms with van der Waals surface area (Å²) in [6.07, 6.45) is 6.75. The second kappa shape index (κ2) is 10.0. The molecule has 0 radical (unpaired) electrons. The van der Waals surface area contributed by atoms with Gasteiger partial charge in [0.1, 0.15) is 29.6 Å². The van der Waals surface area contributed by atoms with Crippen LogP contribution in [0.5, 0.6) is 23.0 Å². The van der Waals surface area contributed by atoms with Gasteiger partial charge in [0, 0.05) is 29.3 Å². The average Bonchev–Trinajstić information content (AvgIpc) is 3.33. The Bertz CT molecular complexity index is 1320. The largest absolute Gasteiger partial charge is 0.508 e. The van der Waals surface area contributed by atoms with Crippen LogP contribution in [0.15, 0.2) is 66.7 Å². The van der Waals surface area contributed by atoms with Gasteiger partial charge in [0.2, 0.25) is 0 Å². The van der Waals surface area contributed by atoms with E-state index in [4.69, 9.17) is 15.9 Å². The normalized spacial score (nSPS) is 20.4. The van der Waals surface area contributed by atoms with Crippen molar-refractivity contribution in [3.05, 3.63) is 83.4 Å². The van der Waals surface area contributed by atoms with Gasteiger partial charge in [-0.1, -0.05) is 37.1 Å². The fraction of sp³-hybridized carbons (Fsp3) is 0.290. The van der Waals surface area contributed by atoms with Crippen molar-refractivity contribution in [2.75, 3.05) is 19.7 Å². The third kappa shape index (κ3) is 4.78. The van der Waals surface area contributed by atoms with E-state index >= 15 is 0 Å². The molecular formula is C31H31NO4. The van der Waals surface area contributed by atoms with Gasteiger partial charge in [-0.05, 0) is 79.4 Å². The summed E-state index contributed by atoms with van der Waals surface area (Å²) in [4.78, 5) is 2.48. The number of allylic oxidation sites excluding steroid dienone is 1. The lowest BCUT2D eigenvalue weighted by Crippen LogP contribution is -2.35. The monoisotopic (exact) mass is 481 g/mol. The molecule has 0 aliphatic carbocycles. The molecule has 3 atom stereocenters. The summed E-state index contributed by atoms with van der Waals surface area (Å²) in [6, 6.07) is 20.2. The van der Waals surface area contributed by atoms with Crippen molar-refractivity contribution < 1.29 is 19.7 Å². The van der Waals surface area contributed by atoms with E-state index in [0.717, 1.165) is 41.5 Å². The van der Waals surface area contributed by atoms with Crippen LogP contribution in [0.25, 0.3) is 11.1 Å². The Balaban J connectivity index is 1.44. The highest BCUT2D eigenvalue weighted by Gasteiger charge is 2.31. The molecule has 5 heteroatoms. The van der Waals surface area contributed by atoms with Crippen molar-refractivity contribution in [2.45, 2.75) is 32.4 Å². The van der Waals surface area contributed by atoms with Gasteiger partial charge < -0.3 is 19.7 Å². The van der Waals surface area contributed by atoms with Gasteiger partial charge in [-0.15, -0.1) is 6.42 Å². The number of likely N-dealkylation sites (tertiary alicyclic amines) is 1. The summed E-state index contributed by atoms with van der Waals surface area (Å²) in [6.45, 7) is 7.41. The number of phenols is 2. The first-order valence-electron chi connectivity index (χ1n) is 12.4. The number of fused-ring (bicyclic) bond motifs is 1. The predicted octanol–water partition coefficient (Wildman–Crippen LogP) is 5.88. The van der Waals surface area contributed by atoms with Crippen molar-refractivity contribution in [3.63, 3.8) is 0 Å². The maximum Gasteiger partial charge on any atom is 0.151 e. The van der Waals surface area contributed by atoms with Gasteiger partial charge in [-0.25, -0.2) is 0 Å². The first kappa shape index (κ1) is 23.8. The molecule has 0 spiro atoms. The van der Waals surface area contributed by atoms with Crippen LogP contribution in [-0.4, -0.2) is 40.9 Å². The summed E-state index contributed by atoms with van der Waals surface area (Å²) < 4.78 is 12.5. The lowest BCUT2D eigenvalue weighted by molar-refractivity contribution is 0.169. The zero-order valence-corrected chi connectivity index (χ0v) is 20.6. The van der Waals surface area contributed by atoms with Crippen LogP contribution in [0.4, 0.5) is 0 Å². The molecule has 3 unspecified atom stereocenters. The third-order valence-corrected chi connectivity index (χ3v) is 7.06. The maximum absolute atomic E-state index is 10.2. The summed E-state index contributed by atoms with van der Waals surface area (Å²) in [5, 5.41) is 20.2. The molecular weight excluding hydrogens is 450 g/mol. The molecule has 3 aromatic carbocycles. The van der Waals surface area contributed by atoms with Crippen LogP contribution >= 0.6 is 0 Å². The molecule has 2 N–H and O–H groups in total. The van der Waals surface area contributed by atoms with E-state index in [1.54, 1.807) is 36.4 Å². The summed E-state index contributed by atoms with van der Waals surface area (Å²) in [5.74, 6) is 5.21. The Labute approximate surface area is 212 Å². The molecule has 36 heavy (non-hydrogen) atoms. The Hall–Kier alpha value is -3.88. The van der Waals surface area contributed by atoms with E-state index in [2.05, 4.69) is 24.7 Å². The van der Waals surface area contributed by atoms with Crippen LogP contribution in [0.3, 0.4) is 0 Å². The molecule has 0 amide bonds. The molecule has 5 rings (SSSR count). The number of benzene rings is 3. The standard InChI is InChI=1S/C31H31NO4/c1-4-27-28-17-25(34)10-13-29(28)36-31(30(27)23-6-5-7-24(33)16-23)22-8-11-26(12-9-22)35-19-21(3)32-15-14-20(2)18-32/h1,5-13,16-17,20-21,31,33-34H,14-15,18-19H2,2-3H3. The van der Waals surface area contributed by atoms with Crippen LogP contribution in [0, 0.1) is 18.3 Å². The molecule has 3 aromatic rings. The van der Waals surface area contributed by atoms with Gasteiger partial charge >= 0.3 is 0 Å². The van der Waals surface area contributed by atoms with Crippen LogP contribution < -0.4 is 9.47 Å². The number of hydrogen-bond acceptors (Lipinski definition) is 5. The number of hydrogen-bond donors (Lipinski definition) is 2. The van der Waals surface area contributed by atoms with E-state index in [9.17, 15) is 10.2 Å². The second-order valence-corrected chi connectivity index (χ2v) is 9.78. The van der Waals surface area contributed by atoms with Gasteiger partial charge in [0.15, 0.2) is 6.10 Å². The third-order valence-electron chi connectivity index (χ3n) is 7.06. The molecule has 2 heterocycles. The predicted molar refractivity (Wildman–Crippen MR) is 142 cm³/mol. The summed E-state index contributed by atoms with van der Waals surface area (Å²) >= 11 is 0. The molecule has 0 bridgehead atoms. The highest BCUT2D eigenvalue weighted by molar-refractivity contribution is 6.02. The quantitative estimate of drug-likeness (QED) is 0.430. The number of rotatable bonds is 6. The zero-order valence-electron chi connectivity index (χ0n) is 20.6. The Kier molecular flexibility index (Phi) is 6.63. The van der Waals surface area contributed by atoms with Gasteiger partial charge in [0.05, 0.1) is 0 Å². The average molecular weight is 482 g/mol. The molecule has 1 saturated heterocycles. The molecule has 0 saturated carbocycles. The Morgan fingerprint density at radius 2 is 1.86 bits per heavy atom. The lowest BCUT2D eigenvalue weighted by Gasteiger charge is -2.30. The molecule has 0 aromatic heterocycles. The van der Waals surface area contributed by atoms with Crippen molar-refractivity contribution in [2.24, 2.45) is 5.92 Å². The zero-order chi connectivity index (χ0) is 25.2. The highest BCUT2D eigenvalue weighted by Crippen LogP contribution is 2.47. The lowest BCUT2D eigenvalue weighted by atomic mass is 9.85. The fourth-order valence-corrected chi connectivity index (χ4v) is 5.07. The number of ether oxygens (including phenoxy) is 2. The SMILES string of the molecule is C#CC1=C(c2cccc(O)c2)C(c2ccc(OCC(C)N3CCC(C)C3)cc2)Oc2ccc(O)cc21. The van der Waals surface area contributed by atoms with Crippen LogP contribution in [0.1, 0.15) is 43.1 Å². The van der Waals surface area contributed by atoms with E-state index < -0.39 is 6.10 Å². The maximum atomic E-state index is 10.2. The number of aromatic hydroxyl groups is 2. The fourth-order valence-electron chi connectivity index (χ4n) is 5.07. The van der Waals surface area contributed by atoms with Crippen molar-refractivity contribution >= 4 is 11.1 Å². The van der Waals surface area contributed by atoms with Crippen molar-refractivity contribution in [1.82, 2.24) is 4.90 Å². The number of phenolic OH excluding ortho intramolecular Hbond substituents is 2. The van der Waals surface area contributed by atoms with Gasteiger partial charge in [-0.2, -0.15) is 0 Å². The Morgan fingerprint density at radius 1 is 1.08 bits per heavy atom. The van der Waals surface area contributed by atoms with Crippen molar-refractivity contribution in [3.8, 4) is 35.3 Å². The Morgan fingerprint density at radius 3 is 2.56 bits per heavy atom. The van der Waals surface area contributed by atoms with Gasteiger partial charge in [-0.3, -0.25) is 4.90 Å². The molecule has 2 aliphatic heterocycles. The van der Waals surface area contributed by atoms with E-state index in [1.807, 2.05) is 30.3 Å². The number of terminal acetylenes is 1. The van der Waals surface area contributed by atoms with Crippen LogP contribution in [-0.2, 0) is 0 Å². The molecule has 5 nitrogen and oxygen atoms in total. The van der Waals surface area contributed by atoms with Crippen molar-refractivity contribution in [1.29, 1.82) is 0 Å². The molecule has 184 valence electrons. The first-order chi connectivity index (χ1) is 17.4. The minimum atomic E-state index is -0.492. The summed E-state index contributed by atoms with van der Waals surface area (Å²) in [7, 11) is 0. The number of nitrogens with zero attached hydrogens (tertiary/aromatic N) is 1. The van der Waals surface area contributed by atoms with Crippen LogP contribution in [0.2, 0.25) is 0 Å². The van der Waals surface area contributed by atoms with E-state index in [-0.39, 0.29) is 11.5 Å².